The standard InChI is InChI=1S/C4H8ClO/c1-4(2-5)3-6/h4,6H,1-3H2. The van der Waals surface area contributed by atoms with E-state index in [9.17, 15) is 0 Å². The van der Waals surface area contributed by atoms with Crippen LogP contribution in [-0.2, 0) is 0 Å². The van der Waals surface area contributed by atoms with Gasteiger partial charge in [-0.3, -0.25) is 0 Å². The normalized spacial score (nSPS) is 14.5. The number of rotatable bonds is 2. The molecule has 0 rings (SSSR count). The van der Waals surface area contributed by atoms with Gasteiger partial charge >= 0.3 is 0 Å². The molecule has 0 aliphatic heterocycles. The fourth-order valence-electron chi connectivity index (χ4n) is 0.0488. The molecule has 1 nitrogen and oxygen atoms in total. The SMILES string of the molecule is [CH2]C(CO)CCl. The summed E-state index contributed by atoms with van der Waals surface area (Å²) in [7, 11) is 0. The Morgan fingerprint density at radius 2 is 2.33 bits per heavy atom. The summed E-state index contributed by atoms with van der Waals surface area (Å²) in [5, 5.41) is 8.19. The smallest absolute Gasteiger partial charge is 0.0470 e. The van der Waals surface area contributed by atoms with Crippen molar-refractivity contribution in [2.75, 3.05) is 12.5 Å². The topological polar surface area (TPSA) is 20.2 Å². The molecule has 37 valence electrons. The number of aliphatic hydroxyl groups is 1. The van der Waals surface area contributed by atoms with Gasteiger partial charge in [-0.15, -0.1) is 11.6 Å². The summed E-state index contributed by atoms with van der Waals surface area (Å²) >= 11 is 5.23. The zero-order valence-corrected chi connectivity index (χ0v) is 4.28. The van der Waals surface area contributed by atoms with Gasteiger partial charge < -0.3 is 5.11 Å². The minimum absolute atomic E-state index is 0.00617. The van der Waals surface area contributed by atoms with Crippen LogP contribution in [0.4, 0.5) is 0 Å². The van der Waals surface area contributed by atoms with Crippen LogP contribution >= 0.6 is 11.6 Å². The Hall–Kier alpha value is 0.250. The zero-order chi connectivity index (χ0) is 4.99. The van der Waals surface area contributed by atoms with Gasteiger partial charge in [-0.1, -0.05) is 0 Å². The summed E-state index contributed by atoms with van der Waals surface area (Å²) in [6.07, 6.45) is 0. The fraction of sp³-hybridized carbons (Fsp3) is 0.750. The maximum Gasteiger partial charge on any atom is 0.0470 e. The molecule has 1 radical (unpaired) electrons. The van der Waals surface area contributed by atoms with Crippen LogP contribution in [0, 0.1) is 12.8 Å². The molecule has 0 amide bonds. The summed E-state index contributed by atoms with van der Waals surface area (Å²) < 4.78 is 0. The minimum atomic E-state index is 0.00617. The van der Waals surface area contributed by atoms with Gasteiger partial charge in [0.1, 0.15) is 0 Å². The monoisotopic (exact) mass is 107 g/mol. The highest BCUT2D eigenvalue weighted by atomic mass is 35.5. The summed E-state index contributed by atoms with van der Waals surface area (Å²) in [6, 6.07) is 0. The van der Waals surface area contributed by atoms with E-state index in [1.807, 2.05) is 0 Å². The van der Waals surface area contributed by atoms with Crippen LogP contribution in [-0.4, -0.2) is 17.6 Å². The average molecular weight is 108 g/mol. The molecule has 1 atom stereocenters. The molecule has 0 heterocycles. The van der Waals surface area contributed by atoms with Crippen molar-refractivity contribution in [1.82, 2.24) is 0 Å². The minimum Gasteiger partial charge on any atom is -0.396 e. The van der Waals surface area contributed by atoms with Crippen molar-refractivity contribution in [2.45, 2.75) is 0 Å². The first-order chi connectivity index (χ1) is 2.81. The van der Waals surface area contributed by atoms with Gasteiger partial charge in [-0.25, -0.2) is 0 Å². The summed E-state index contributed by atoms with van der Waals surface area (Å²) in [6.45, 7) is 3.58. The number of alkyl halides is 1. The van der Waals surface area contributed by atoms with Crippen LogP contribution in [0.5, 0.6) is 0 Å². The van der Waals surface area contributed by atoms with E-state index in [1.165, 1.54) is 0 Å². The van der Waals surface area contributed by atoms with Crippen LogP contribution in [0.25, 0.3) is 0 Å². The fourth-order valence-corrected chi connectivity index (χ4v) is 0.146. The van der Waals surface area contributed by atoms with Crippen LogP contribution in [0.15, 0.2) is 0 Å². The van der Waals surface area contributed by atoms with E-state index in [4.69, 9.17) is 16.7 Å². The van der Waals surface area contributed by atoms with E-state index in [2.05, 4.69) is 6.92 Å². The molecule has 0 aliphatic rings. The van der Waals surface area contributed by atoms with Gasteiger partial charge in [0.15, 0.2) is 0 Å². The summed E-state index contributed by atoms with van der Waals surface area (Å²) in [5.41, 5.74) is 0. The second kappa shape index (κ2) is 3.44. The average Bonchev–Trinajstić information content (AvgIpc) is 1.65. The number of hydrogen-bond acceptors (Lipinski definition) is 1. The van der Waals surface area contributed by atoms with Crippen LogP contribution in [0.1, 0.15) is 0 Å². The third-order valence-corrected chi connectivity index (χ3v) is 0.913. The quantitative estimate of drug-likeness (QED) is 0.515. The molecule has 0 fully saturated rings. The lowest BCUT2D eigenvalue weighted by molar-refractivity contribution is 0.262. The molecular weight excluding hydrogens is 99.5 g/mol. The van der Waals surface area contributed by atoms with E-state index in [1.54, 1.807) is 0 Å². The van der Waals surface area contributed by atoms with Crippen LogP contribution in [0.3, 0.4) is 0 Å². The van der Waals surface area contributed by atoms with E-state index in [0.717, 1.165) is 0 Å². The van der Waals surface area contributed by atoms with Crippen molar-refractivity contribution in [3.8, 4) is 0 Å². The Morgan fingerprint density at radius 3 is 2.33 bits per heavy atom. The number of halogens is 1. The van der Waals surface area contributed by atoms with Gasteiger partial charge in [0.25, 0.3) is 0 Å². The molecule has 0 saturated heterocycles. The largest absolute Gasteiger partial charge is 0.396 e. The lowest BCUT2D eigenvalue weighted by Crippen LogP contribution is -2.00. The zero-order valence-electron chi connectivity index (χ0n) is 3.52. The molecule has 0 aromatic rings. The van der Waals surface area contributed by atoms with Crippen molar-refractivity contribution in [3.63, 3.8) is 0 Å². The molecular formula is C4H8ClO. The van der Waals surface area contributed by atoms with E-state index < -0.39 is 0 Å². The molecule has 0 aromatic heterocycles. The molecule has 6 heavy (non-hydrogen) atoms. The lowest BCUT2D eigenvalue weighted by Gasteiger charge is -1.96. The second-order valence-corrected chi connectivity index (χ2v) is 1.51. The maximum atomic E-state index is 8.19. The molecule has 0 aromatic carbocycles. The molecule has 0 spiro atoms. The second-order valence-electron chi connectivity index (χ2n) is 1.20. The molecule has 0 bridgehead atoms. The molecule has 2 heteroatoms. The number of hydrogen-bond donors (Lipinski definition) is 1. The van der Waals surface area contributed by atoms with E-state index in [0.29, 0.717) is 5.88 Å². The Kier molecular flexibility index (Phi) is 3.58. The lowest BCUT2D eigenvalue weighted by atomic mass is 10.2. The van der Waals surface area contributed by atoms with Crippen molar-refractivity contribution in [2.24, 2.45) is 5.92 Å². The predicted molar refractivity (Wildman–Crippen MR) is 26.7 cm³/mol. The van der Waals surface area contributed by atoms with Gasteiger partial charge in [0.2, 0.25) is 0 Å². The molecule has 1 unspecified atom stereocenters. The molecule has 1 N–H and O–H groups in total. The molecule has 0 aliphatic carbocycles. The van der Waals surface area contributed by atoms with Crippen molar-refractivity contribution in [3.05, 3.63) is 6.92 Å². The van der Waals surface area contributed by atoms with Crippen LogP contribution in [0.2, 0.25) is 0 Å². The van der Waals surface area contributed by atoms with Crippen LogP contribution < -0.4 is 0 Å². The van der Waals surface area contributed by atoms with E-state index >= 15 is 0 Å². The van der Waals surface area contributed by atoms with E-state index in [-0.39, 0.29) is 12.5 Å². The third-order valence-electron chi connectivity index (χ3n) is 0.476. The maximum absolute atomic E-state index is 8.19. The van der Waals surface area contributed by atoms with Gasteiger partial charge in [-0.05, 0) is 12.8 Å². The first-order valence-electron chi connectivity index (χ1n) is 1.81. The van der Waals surface area contributed by atoms with Crippen molar-refractivity contribution >= 4 is 11.6 Å². The van der Waals surface area contributed by atoms with Crippen molar-refractivity contribution in [1.29, 1.82) is 0 Å². The number of aliphatic hydroxyl groups excluding tert-OH is 1. The highest BCUT2D eigenvalue weighted by molar-refractivity contribution is 6.18. The highest BCUT2D eigenvalue weighted by Gasteiger charge is 1.92. The van der Waals surface area contributed by atoms with Gasteiger partial charge in [0.05, 0.1) is 0 Å². The highest BCUT2D eigenvalue weighted by Crippen LogP contribution is 1.92. The predicted octanol–water partition coefficient (Wildman–Crippen LogP) is 0.668. The summed E-state index contributed by atoms with van der Waals surface area (Å²) in [4.78, 5) is 0. The Labute approximate surface area is 42.9 Å². The summed E-state index contributed by atoms with van der Waals surface area (Å²) in [5.74, 6) is 0.447. The first-order valence-corrected chi connectivity index (χ1v) is 2.34. The van der Waals surface area contributed by atoms with Gasteiger partial charge in [0, 0.05) is 12.5 Å². The Bertz CT molecular complexity index is 26.7. The Morgan fingerprint density at radius 1 is 1.83 bits per heavy atom. The molecule has 0 saturated carbocycles. The first kappa shape index (κ1) is 6.25. The Balaban J connectivity index is 2.75. The van der Waals surface area contributed by atoms with Gasteiger partial charge in [-0.2, -0.15) is 0 Å². The third kappa shape index (κ3) is 2.49. The van der Waals surface area contributed by atoms with Crippen molar-refractivity contribution < 1.29 is 5.11 Å².